The maximum absolute atomic E-state index is 13.6. The minimum absolute atomic E-state index is 0.206. The van der Waals surface area contributed by atoms with Crippen molar-refractivity contribution in [2.45, 2.75) is 45.1 Å². The van der Waals surface area contributed by atoms with Gasteiger partial charge >= 0.3 is 0 Å². The van der Waals surface area contributed by atoms with Gasteiger partial charge in [-0.3, -0.25) is 0 Å². The Kier molecular flexibility index (Phi) is 4.42. The van der Waals surface area contributed by atoms with E-state index in [9.17, 15) is 13.9 Å². The fourth-order valence-corrected chi connectivity index (χ4v) is 2.09. The van der Waals surface area contributed by atoms with Gasteiger partial charge < -0.3 is 5.11 Å². The van der Waals surface area contributed by atoms with Crippen LogP contribution in [-0.2, 0) is 5.60 Å². The molecule has 0 aliphatic heterocycles. The Bertz CT molecular complexity index is 344. The summed E-state index contributed by atoms with van der Waals surface area (Å²) in [6.07, 6.45) is 2.49. The van der Waals surface area contributed by atoms with Gasteiger partial charge in [-0.2, -0.15) is 0 Å². The lowest BCUT2D eigenvalue weighted by atomic mass is 9.85. The van der Waals surface area contributed by atoms with E-state index in [0.717, 1.165) is 18.9 Å². The largest absolute Gasteiger partial charge is 0.385 e. The van der Waals surface area contributed by atoms with E-state index < -0.39 is 17.2 Å². The van der Waals surface area contributed by atoms with Crippen LogP contribution in [0.3, 0.4) is 0 Å². The summed E-state index contributed by atoms with van der Waals surface area (Å²) in [5.74, 6) is -1.28. The highest BCUT2D eigenvalue weighted by molar-refractivity contribution is 5.25. The van der Waals surface area contributed by atoms with Crippen LogP contribution in [-0.4, -0.2) is 5.11 Å². The summed E-state index contributed by atoms with van der Waals surface area (Å²) in [7, 11) is 0. The van der Waals surface area contributed by atoms with Crippen molar-refractivity contribution < 1.29 is 13.9 Å². The van der Waals surface area contributed by atoms with Crippen LogP contribution in [0.15, 0.2) is 18.2 Å². The highest BCUT2D eigenvalue weighted by Crippen LogP contribution is 2.33. The number of halogens is 2. The summed E-state index contributed by atoms with van der Waals surface area (Å²) >= 11 is 0. The van der Waals surface area contributed by atoms with Crippen molar-refractivity contribution in [3.63, 3.8) is 0 Å². The molecule has 1 aromatic rings. The van der Waals surface area contributed by atoms with Crippen molar-refractivity contribution in [1.82, 2.24) is 0 Å². The molecule has 0 aliphatic rings. The molecule has 0 aromatic heterocycles. The molecule has 0 unspecified atom stereocenters. The van der Waals surface area contributed by atoms with E-state index in [4.69, 9.17) is 0 Å². The summed E-state index contributed by atoms with van der Waals surface area (Å²) in [5, 5.41) is 10.4. The SMILES string of the molecule is CCCC(O)(CCC)c1ccc(F)cc1F. The Morgan fingerprint density at radius 1 is 1.12 bits per heavy atom. The molecule has 1 N–H and O–H groups in total. The second-order valence-corrected chi connectivity index (χ2v) is 4.16. The average molecular weight is 228 g/mol. The summed E-state index contributed by atoms with van der Waals surface area (Å²) in [6, 6.07) is 3.36. The van der Waals surface area contributed by atoms with Crippen molar-refractivity contribution in [1.29, 1.82) is 0 Å². The minimum atomic E-state index is -1.17. The Labute approximate surface area is 95.1 Å². The third-order valence-electron chi connectivity index (χ3n) is 2.76. The van der Waals surface area contributed by atoms with Gasteiger partial charge in [0, 0.05) is 11.6 Å². The Morgan fingerprint density at radius 3 is 2.12 bits per heavy atom. The highest BCUT2D eigenvalue weighted by Gasteiger charge is 2.30. The molecule has 0 spiro atoms. The van der Waals surface area contributed by atoms with Crippen LogP contribution in [0.5, 0.6) is 0 Å². The molecule has 90 valence electrons. The fraction of sp³-hybridized carbons (Fsp3) is 0.538. The number of rotatable bonds is 5. The number of hydrogen-bond donors (Lipinski definition) is 1. The average Bonchev–Trinajstić information content (AvgIpc) is 2.17. The highest BCUT2D eigenvalue weighted by atomic mass is 19.1. The van der Waals surface area contributed by atoms with Crippen LogP contribution in [0.25, 0.3) is 0 Å². The molecule has 0 saturated carbocycles. The van der Waals surface area contributed by atoms with Gasteiger partial charge in [-0.1, -0.05) is 32.8 Å². The molecule has 0 fully saturated rings. The van der Waals surface area contributed by atoms with E-state index in [1.807, 2.05) is 13.8 Å². The van der Waals surface area contributed by atoms with Crippen LogP contribution >= 0.6 is 0 Å². The van der Waals surface area contributed by atoms with Gasteiger partial charge in [0.05, 0.1) is 5.60 Å². The van der Waals surface area contributed by atoms with E-state index in [2.05, 4.69) is 0 Å². The van der Waals surface area contributed by atoms with E-state index in [-0.39, 0.29) is 5.56 Å². The first-order valence-electron chi connectivity index (χ1n) is 5.71. The first-order chi connectivity index (χ1) is 7.53. The van der Waals surface area contributed by atoms with Gasteiger partial charge in [0.15, 0.2) is 0 Å². The van der Waals surface area contributed by atoms with Gasteiger partial charge in [-0.25, -0.2) is 8.78 Å². The van der Waals surface area contributed by atoms with E-state index in [1.54, 1.807) is 0 Å². The molecule has 0 aliphatic carbocycles. The summed E-state index contributed by atoms with van der Waals surface area (Å²) in [5.41, 5.74) is -0.959. The summed E-state index contributed by atoms with van der Waals surface area (Å²) in [4.78, 5) is 0. The molecule has 3 heteroatoms. The molecule has 0 bridgehead atoms. The lowest BCUT2D eigenvalue weighted by molar-refractivity contribution is 0.0135. The number of benzene rings is 1. The van der Waals surface area contributed by atoms with Crippen LogP contribution in [0.2, 0.25) is 0 Å². The van der Waals surface area contributed by atoms with Gasteiger partial charge in [-0.15, -0.1) is 0 Å². The molecule has 0 amide bonds. The predicted octanol–water partition coefficient (Wildman–Crippen LogP) is 3.75. The second kappa shape index (κ2) is 5.39. The molecule has 0 radical (unpaired) electrons. The Morgan fingerprint density at radius 2 is 1.69 bits per heavy atom. The van der Waals surface area contributed by atoms with Crippen molar-refractivity contribution in [3.05, 3.63) is 35.4 Å². The fourth-order valence-electron chi connectivity index (χ4n) is 2.09. The molecule has 0 heterocycles. The van der Waals surface area contributed by atoms with E-state index >= 15 is 0 Å². The van der Waals surface area contributed by atoms with Gasteiger partial charge in [0.2, 0.25) is 0 Å². The first kappa shape index (κ1) is 13.1. The lowest BCUT2D eigenvalue weighted by Gasteiger charge is -2.28. The molecule has 0 atom stereocenters. The quantitative estimate of drug-likeness (QED) is 0.813. The van der Waals surface area contributed by atoms with Gasteiger partial charge in [0.1, 0.15) is 11.6 Å². The van der Waals surface area contributed by atoms with Crippen LogP contribution < -0.4 is 0 Å². The molecule has 1 aromatic carbocycles. The maximum atomic E-state index is 13.6. The number of aliphatic hydroxyl groups is 1. The molecular weight excluding hydrogens is 210 g/mol. The monoisotopic (exact) mass is 228 g/mol. The van der Waals surface area contributed by atoms with E-state index in [1.165, 1.54) is 12.1 Å². The third-order valence-corrected chi connectivity index (χ3v) is 2.76. The number of hydrogen-bond acceptors (Lipinski definition) is 1. The summed E-state index contributed by atoms with van der Waals surface area (Å²) in [6.45, 7) is 3.87. The van der Waals surface area contributed by atoms with Crippen LogP contribution in [0.1, 0.15) is 45.1 Å². The van der Waals surface area contributed by atoms with Gasteiger partial charge in [-0.05, 0) is 18.9 Å². The normalized spacial score (nSPS) is 11.8. The molecule has 16 heavy (non-hydrogen) atoms. The van der Waals surface area contributed by atoms with Crippen molar-refractivity contribution >= 4 is 0 Å². The lowest BCUT2D eigenvalue weighted by Crippen LogP contribution is -2.26. The standard InChI is InChI=1S/C13H18F2O/c1-3-7-13(16,8-4-2)11-6-5-10(14)9-12(11)15/h5-6,9,16H,3-4,7-8H2,1-2H3. The summed E-state index contributed by atoms with van der Waals surface area (Å²) < 4.78 is 26.4. The molecular formula is C13H18F2O. The van der Waals surface area contributed by atoms with Crippen molar-refractivity contribution in [3.8, 4) is 0 Å². The molecule has 1 nitrogen and oxygen atoms in total. The topological polar surface area (TPSA) is 20.2 Å². The maximum Gasteiger partial charge on any atom is 0.132 e. The second-order valence-electron chi connectivity index (χ2n) is 4.16. The Hall–Kier alpha value is -0.960. The molecule has 1 rings (SSSR count). The smallest absolute Gasteiger partial charge is 0.132 e. The van der Waals surface area contributed by atoms with E-state index in [0.29, 0.717) is 12.8 Å². The van der Waals surface area contributed by atoms with Crippen molar-refractivity contribution in [2.75, 3.05) is 0 Å². The van der Waals surface area contributed by atoms with Crippen LogP contribution in [0, 0.1) is 11.6 Å². The van der Waals surface area contributed by atoms with Gasteiger partial charge in [0.25, 0.3) is 0 Å². The third kappa shape index (κ3) is 2.79. The predicted molar refractivity (Wildman–Crippen MR) is 60.1 cm³/mol. The molecule has 0 saturated heterocycles. The van der Waals surface area contributed by atoms with Crippen LogP contribution in [0.4, 0.5) is 8.78 Å². The first-order valence-corrected chi connectivity index (χ1v) is 5.71. The zero-order valence-corrected chi connectivity index (χ0v) is 9.76. The zero-order chi connectivity index (χ0) is 12.2. The Balaban J connectivity index is 3.10. The minimum Gasteiger partial charge on any atom is -0.385 e. The van der Waals surface area contributed by atoms with Crippen molar-refractivity contribution in [2.24, 2.45) is 0 Å². The zero-order valence-electron chi connectivity index (χ0n) is 9.76.